The molecular weight excluding hydrogens is 294 g/mol. The van der Waals surface area contributed by atoms with Crippen molar-refractivity contribution in [1.82, 2.24) is 24.8 Å². The van der Waals surface area contributed by atoms with Crippen LogP contribution in [-0.4, -0.2) is 77.6 Å². The lowest BCUT2D eigenvalue weighted by Crippen LogP contribution is -2.49. The van der Waals surface area contributed by atoms with E-state index in [9.17, 15) is 4.79 Å². The van der Waals surface area contributed by atoms with E-state index in [0.29, 0.717) is 12.4 Å². The number of aromatic nitrogens is 2. The van der Waals surface area contributed by atoms with Crippen molar-refractivity contribution in [3.63, 3.8) is 0 Å². The Morgan fingerprint density at radius 1 is 1.26 bits per heavy atom. The molecule has 130 valence electrons. The van der Waals surface area contributed by atoms with Crippen LogP contribution in [0.15, 0.2) is 4.52 Å². The van der Waals surface area contributed by atoms with Crippen LogP contribution in [0.3, 0.4) is 0 Å². The highest BCUT2D eigenvalue weighted by atomic mass is 16.5. The van der Waals surface area contributed by atoms with Gasteiger partial charge < -0.3 is 9.42 Å². The van der Waals surface area contributed by atoms with Crippen molar-refractivity contribution in [2.45, 2.75) is 39.2 Å². The Morgan fingerprint density at radius 3 is 2.35 bits per heavy atom. The first-order valence-electron chi connectivity index (χ1n) is 8.19. The molecule has 7 nitrogen and oxygen atoms in total. The summed E-state index contributed by atoms with van der Waals surface area (Å²) < 4.78 is 5.45. The number of likely N-dealkylation sites (N-methyl/N-ethyl adjacent to an activating group) is 1. The monoisotopic (exact) mass is 323 g/mol. The minimum Gasteiger partial charge on any atom is -0.348 e. The zero-order chi connectivity index (χ0) is 17.2. The Bertz CT molecular complexity index is 527. The molecular formula is C16H29N5O2. The van der Waals surface area contributed by atoms with Gasteiger partial charge in [0.1, 0.15) is 0 Å². The first-order valence-corrected chi connectivity index (χ1v) is 8.19. The number of nitrogens with zero attached hydrogens (tertiary/aromatic N) is 5. The van der Waals surface area contributed by atoms with Gasteiger partial charge in [-0.25, -0.2) is 0 Å². The zero-order valence-electron chi connectivity index (χ0n) is 15.2. The highest BCUT2D eigenvalue weighted by molar-refractivity contribution is 5.77. The molecule has 1 aromatic heterocycles. The Balaban J connectivity index is 1.89. The van der Waals surface area contributed by atoms with E-state index in [0.717, 1.165) is 32.0 Å². The molecule has 0 bridgehead atoms. The predicted octanol–water partition coefficient (Wildman–Crippen LogP) is 1.13. The van der Waals surface area contributed by atoms with Gasteiger partial charge in [-0.3, -0.25) is 14.6 Å². The standard InChI is InChI=1S/C16H29N5O2/c1-12(14-17-15(18-23-14)16(2,3)4)21-9-7-20(8-10-21)11-13(22)19(5)6/h12H,7-11H2,1-6H3/t12-/m1/s1. The molecule has 0 saturated carbocycles. The van der Waals surface area contributed by atoms with Crippen LogP contribution in [0, 0.1) is 0 Å². The Hall–Kier alpha value is -1.47. The van der Waals surface area contributed by atoms with Crippen LogP contribution in [0.5, 0.6) is 0 Å². The molecule has 1 fully saturated rings. The van der Waals surface area contributed by atoms with Crippen molar-refractivity contribution in [3.8, 4) is 0 Å². The Morgan fingerprint density at radius 2 is 1.87 bits per heavy atom. The van der Waals surface area contributed by atoms with Crippen LogP contribution >= 0.6 is 0 Å². The van der Waals surface area contributed by atoms with E-state index in [1.807, 2.05) is 0 Å². The summed E-state index contributed by atoms with van der Waals surface area (Å²) in [5.74, 6) is 1.57. The Labute approximate surface area is 138 Å². The summed E-state index contributed by atoms with van der Waals surface area (Å²) in [5.41, 5.74) is -0.104. The van der Waals surface area contributed by atoms with Gasteiger partial charge >= 0.3 is 0 Å². The molecule has 0 aliphatic carbocycles. The summed E-state index contributed by atoms with van der Waals surface area (Å²) in [4.78, 5) is 22.5. The van der Waals surface area contributed by atoms with Crippen molar-refractivity contribution in [2.75, 3.05) is 46.8 Å². The van der Waals surface area contributed by atoms with Crippen LogP contribution in [0.1, 0.15) is 45.5 Å². The van der Waals surface area contributed by atoms with E-state index in [1.165, 1.54) is 0 Å². The third-order valence-electron chi connectivity index (χ3n) is 4.28. The lowest BCUT2D eigenvalue weighted by Gasteiger charge is -2.36. The smallest absolute Gasteiger partial charge is 0.243 e. The zero-order valence-corrected chi connectivity index (χ0v) is 15.2. The second-order valence-electron chi connectivity index (χ2n) is 7.48. The first kappa shape index (κ1) is 17.9. The molecule has 23 heavy (non-hydrogen) atoms. The van der Waals surface area contributed by atoms with E-state index in [-0.39, 0.29) is 17.4 Å². The summed E-state index contributed by atoms with van der Waals surface area (Å²) in [6.45, 7) is 12.4. The van der Waals surface area contributed by atoms with Gasteiger partial charge in [0, 0.05) is 45.7 Å². The summed E-state index contributed by atoms with van der Waals surface area (Å²) in [6.07, 6.45) is 0. The largest absolute Gasteiger partial charge is 0.348 e. The molecule has 1 aliphatic rings. The normalized spacial score (nSPS) is 18.9. The fourth-order valence-electron chi connectivity index (χ4n) is 2.51. The van der Waals surface area contributed by atoms with Gasteiger partial charge in [-0.1, -0.05) is 25.9 Å². The number of rotatable bonds is 4. The number of amides is 1. The van der Waals surface area contributed by atoms with Gasteiger partial charge in [0.2, 0.25) is 11.8 Å². The maximum absolute atomic E-state index is 11.8. The van der Waals surface area contributed by atoms with Crippen LogP contribution in [0.2, 0.25) is 0 Å². The van der Waals surface area contributed by atoms with Crippen molar-refractivity contribution >= 4 is 5.91 Å². The summed E-state index contributed by atoms with van der Waals surface area (Å²) in [6, 6.07) is 0.102. The molecule has 1 amide bonds. The third-order valence-corrected chi connectivity index (χ3v) is 4.28. The lowest BCUT2D eigenvalue weighted by molar-refractivity contribution is -0.130. The summed E-state index contributed by atoms with van der Waals surface area (Å²) in [7, 11) is 3.59. The average Bonchev–Trinajstić information content (AvgIpc) is 2.97. The van der Waals surface area contributed by atoms with Crippen LogP contribution in [0.4, 0.5) is 0 Å². The van der Waals surface area contributed by atoms with Gasteiger partial charge in [0.15, 0.2) is 5.82 Å². The molecule has 7 heteroatoms. The number of piperazine rings is 1. The van der Waals surface area contributed by atoms with E-state index >= 15 is 0 Å². The molecule has 1 aromatic rings. The molecule has 1 atom stereocenters. The van der Waals surface area contributed by atoms with Gasteiger partial charge in [-0.15, -0.1) is 0 Å². The maximum Gasteiger partial charge on any atom is 0.243 e. The van der Waals surface area contributed by atoms with Gasteiger partial charge in [-0.2, -0.15) is 4.98 Å². The van der Waals surface area contributed by atoms with Crippen LogP contribution in [-0.2, 0) is 10.2 Å². The molecule has 0 radical (unpaired) electrons. The van der Waals surface area contributed by atoms with Gasteiger partial charge in [0.05, 0.1) is 12.6 Å². The highest BCUT2D eigenvalue weighted by Crippen LogP contribution is 2.24. The molecule has 0 unspecified atom stereocenters. The number of carbonyl (C=O) groups excluding carboxylic acids is 1. The van der Waals surface area contributed by atoms with Crippen LogP contribution in [0.25, 0.3) is 0 Å². The topological polar surface area (TPSA) is 65.7 Å². The number of hydrogen-bond donors (Lipinski definition) is 0. The number of hydrogen-bond acceptors (Lipinski definition) is 6. The Kier molecular flexibility index (Phi) is 5.41. The van der Waals surface area contributed by atoms with E-state index in [1.54, 1.807) is 19.0 Å². The van der Waals surface area contributed by atoms with Gasteiger partial charge in [-0.05, 0) is 6.92 Å². The van der Waals surface area contributed by atoms with E-state index < -0.39 is 0 Å². The fraction of sp³-hybridized carbons (Fsp3) is 0.812. The van der Waals surface area contributed by atoms with Crippen molar-refractivity contribution < 1.29 is 9.32 Å². The summed E-state index contributed by atoms with van der Waals surface area (Å²) >= 11 is 0. The second kappa shape index (κ2) is 6.97. The highest BCUT2D eigenvalue weighted by Gasteiger charge is 2.28. The fourth-order valence-corrected chi connectivity index (χ4v) is 2.51. The van der Waals surface area contributed by atoms with Crippen molar-refractivity contribution in [3.05, 3.63) is 11.7 Å². The minimum atomic E-state index is -0.104. The molecule has 1 saturated heterocycles. The molecule has 2 heterocycles. The van der Waals surface area contributed by atoms with E-state index in [4.69, 9.17) is 4.52 Å². The molecule has 2 rings (SSSR count). The lowest BCUT2D eigenvalue weighted by atomic mass is 9.96. The second-order valence-corrected chi connectivity index (χ2v) is 7.48. The minimum absolute atomic E-state index is 0.102. The number of carbonyl (C=O) groups is 1. The maximum atomic E-state index is 11.8. The summed E-state index contributed by atoms with van der Waals surface area (Å²) in [5, 5.41) is 4.10. The molecule has 0 spiro atoms. The van der Waals surface area contributed by atoms with Gasteiger partial charge in [0.25, 0.3) is 0 Å². The first-order chi connectivity index (χ1) is 10.7. The average molecular weight is 323 g/mol. The predicted molar refractivity (Wildman–Crippen MR) is 88.1 cm³/mol. The van der Waals surface area contributed by atoms with Crippen LogP contribution < -0.4 is 0 Å². The van der Waals surface area contributed by atoms with E-state index in [2.05, 4.69) is 47.6 Å². The molecule has 0 N–H and O–H groups in total. The third kappa shape index (κ3) is 4.51. The van der Waals surface area contributed by atoms with Crippen molar-refractivity contribution in [1.29, 1.82) is 0 Å². The molecule has 0 aromatic carbocycles. The molecule has 1 aliphatic heterocycles. The SMILES string of the molecule is C[C@H](c1nc(C(C)(C)C)no1)N1CCN(CC(=O)N(C)C)CC1. The quantitative estimate of drug-likeness (QED) is 0.828. The van der Waals surface area contributed by atoms with Crippen molar-refractivity contribution in [2.24, 2.45) is 0 Å².